The van der Waals surface area contributed by atoms with E-state index in [4.69, 9.17) is 4.74 Å². The number of hydrogen-bond acceptors (Lipinski definition) is 3. The minimum atomic E-state index is 0.614. The van der Waals surface area contributed by atoms with Crippen molar-refractivity contribution >= 4 is 0 Å². The van der Waals surface area contributed by atoms with Crippen LogP contribution in [-0.4, -0.2) is 9.97 Å². The zero-order valence-electron chi connectivity index (χ0n) is 19.1. The van der Waals surface area contributed by atoms with Crippen molar-refractivity contribution in [3.63, 3.8) is 0 Å². The van der Waals surface area contributed by atoms with Crippen molar-refractivity contribution in [1.82, 2.24) is 9.97 Å². The first-order chi connectivity index (χ1) is 15.7. The van der Waals surface area contributed by atoms with E-state index in [2.05, 4.69) is 84.5 Å². The largest absolute Gasteiger partial charge is 0.372 e. The fourth-order valence-electron chi connectivity index (χ4n) is 3.23. The lowest BCUT2D eigenvalue weighted by molar-refractivity contribution is 0.107. The quantitative estimate of drug-likeness (QED) is 0.322. The molecule has 4 rings (SSSR count). The Hall–Kier alpha value is -3.30. The van der Waals surface area contributed by atoms with Gasteiger partial charge in [0.05, 0.1) is 13.2 Å². The van der Waals surface area contributed by atoms with Gasteiger partial charge >= 0.3 is 0 Å². The van der Waals surface area contributed by atoms with Crippen molar-refractivity contribution in [3.8, 4) is 0 Å². The van der Waals surface area contributed by atoms with Gasteiger partial charge in [0.15, 0.2) is 0 Å². The summed E-state index contributed by atoms with van der Waals surface area (Å²) in [7, 11) is 0. The third-order valence-corrected chi connectivity index (χ3v) is 5.26. The van der Waals surface area contributed by atoms with E-state index >= 15 is 0 Å². The number of hydrogen-bond donors (Lipinski definition) is 0. The third-order valence-electron chi connectivity index (χ3n) is 5.26. The summed E-state index contributed by atoms with van der Waals surface area (Å²) in [5.74, 6) is 0. The number of pyridine rings is 2. The van der Waals surface area contributed by atoms with Crippen LogP contribution in [0.5, 0.6) is 0 Å². The van der Waals surface area contributed by atoms with Crippen LogP contribution in [0.25, 0.3) is 0 Å². The SMILES string of the molecule is CCc1ccc(COCc2cccnc2)cc1.Cc1ccc(CCc2ccncc2)cc1. The second-order valence-corrected chi connectivity index (χ2v) is 7.87. The molecule has 0 radical (unpaired) electrons. The van der Waals surface area contributed by atoms with E-state index < -0.39 is 0 Å². The molecule has 164 valence electrons. The molecule has 0 amide bonds. The van der Waals surface area contributed by atoms with Crippen LogP contribution in [0.4, 0.5) is 0 Å². The highest BCUT2D eigenvalue weighted by Gasteiger charge is 1.96. The van der Waals surface area contributed by atoms with E-state index in [0.717, 1.165) is 24.8 Å². The average Bonchev–Trinajstić information content (AvgIpc) is 2.86. The Kier molecular flexibility index (Phi) is 9.63. The van der Waals surface area contributed by atoms with E-state index in [1.807, 2.05) is 30.7 Å². The molecule has 0 bridgehead atoms. The van der Waals surface area contributed by atoms with Gasteiger partial charge in [-0.3, -0.25) is 9.97 Å². The lowest BCUT2D eigenvalue weighted by Crippen LogP contribution is -1.94. The molecule has 3 nitrogen and oxygen atoms in total. The number of rotatable bonds is 8. The molecule has 0 fully saturated rings. The fourth-order valence-corrected chi connectivity index (χ4v) is 3.23. The van der Waals surface area contributed by atoms with Gasteiger partial charge < -0.3 is 4.74 Å². The summed E-state index contributed by atoms with van der Waals surface area (Å²) >= 11 is 0. The van der Waals surface area contributed by atoms with Gasteiger partial charge in [-0.2, -0.15) is 0 Å². The molecule has 32 heavy (non-hydrogen) atoms. The highest BCUT2D eigenvalue weighted by molar-refractivity contribution is 5.23. The number of aromatic nitrogens is 2. The minimum Gasteiger partial charge on any atom is -0.372 e. The van der Waals surface area contributed by atoms with E-state index in [0.29, 0.717) is 13.2 Å². The maximum absolute atomic E-state index is 5.64. The van der Waals surface area contributed by atoms with E-state index in [1.165, 1.54) is 27.8 Å². The topological polar surface area (TPSA) is 35.0 Å². The van der Waals surface area contributed by atoms with Gasteiger partial charge in [0, 0.05) is 24.8 Å². The summed E-state index contributed by atoms with van der Waals surface area (Å²) in [6.45, 7) is 5.54. The van der Waals surface area contributed by atoms with E-state index in [9.17, 15) is 0 Å². The van der Waals surface area contributed by atoms with Crippen LogP contribution in [0.15, 0.2) is 97.6 Å². The lowest BCUT2D eigenvalue weighted by atomic mass is 10.0. The van der Waals surface area contributed by atoms with E-state index in [-0.39, 0.29) is 0 Å². The van der Waals surface area contributed by atoms with Gasteiger partial charge in [-0.25, -0.2) is 0 Å². The molecule has 2 aromatic carbocycles. The Morgan fingerprint density at radius 2 is 1.19 bits per heavy atom. The highest BCUT2D eigenvalue weighted by atomic mass is 16.5. The van der Waals surface area contributed by atoms with Crippen LogP contribution in [0.2, 0.25) is 0 Å². The highest BCUT2D eigenvalue weighted by Crippen LogP contribution is 2.09. The first-order valence-electron chi connectivity index (χ1n) is 11.2. The molecular weight excluding hydrogens is 392 g/mol. The summed E-state index contributed by atoms with van der Waals surface area (Å²) in [6.07, 6.45) is 10.6. The number of aryl methyl sites for hydroxylation is 4. The molecule has 0 unspecified atom stereocenters. The maximum atomic E-state index is 5.64. The predicted molar refractivity (Wildman–Crippen MR) is 131 cm³/mol. The van der Waals surface area contributed by atoms with Crippen LogP contribution < -0.4 is 0 Å². The third kappa shape index (κ3) is 8.44. The minimum absolute atomic E-state index is 0.614. The van der Waals surface area contributed by atoms with E-state index in [1.54, 1.807) is 6.20 Å². The molecule has 0 aliphatic carbocycles. The van der Waals surface area contributed by atoms with Gasteiger partial charge in [0.25, 0.3) is 0 Å². The molecule has 0 saturated heterocycles. The van der Waals surface area contributed by atoms with Gasteiger partial charge in [-0.1, -0.05) is 67.1 Å². The zero-order chi connectivity index (χ0) is 22.4. The Bertz CT molecular complexity index is 1010. The van der Waals surface area contributed by atoms with Gasteiger partial charge in [-0.15, -0.1) is 0 Å². The van der Waals surface area contributed by atoms with Crippen molar-refractivity contribution in [2.75, 3.05) is 0 Å². The summed E-state index contributed by atoms with van der Waals surface area (Å²) < 4.78 is 5.64. The standard InChI is InChI=1S/C15H17NO.C14H15N/c1-2-13-5-7-14(8-6-13)11-17-12-15-4-3-9-16-10-15;1-12-2-4-13(5-3-12)6-7-14-8-10-15-11-9-14/h3-10H,2,11-12H2,1H3;2-5,8-11H,6-7H2,1H3. The van der Waals surface area contributed by atoms with Crippen molar-refractivity contribution < 1.29 is 4.74 Å². The number of nitrogens with zero attached hydrogens (tertiary/aromatic N) is 2. The first-order valence-corrected chi connectivity index (χ1v) is 11.2. The average molecular weight is 425 g/mol. The van der Waals surface area contributed by atoms with Gasteiger partial charge in [-0.05, 0) is 72.2 Å². The molecule has 0 spiro atoms. The number of ether oxygens (including phenoxy) is 1. The molecule has 4 aromatic rings. The number of benzene rings is 2. The normalized spacial score (nSPS) is 10.3. The molecule has 0 aliphatic heterocycles. The predicted octanol–water partition coefficient (Wildman–Crippen LogP) is 6.54. The van der Waals surface area contributed by atoms with Crippen molar-refractivity contribution in [2.45, 2.75) is 46.3 Å². The molecule has 0 aliphatic rings. The monoisotopic (exact) mass is 424 g/mol. The Balaban J connectivity index is 0.000000182. The second-order valence-electron chi connectivity index (χ2n) is 7.87. The molecule has 0 N–H and O–H groups in total. The van der Waals surface area contributed by atoms with Gasteiger partial charge in [0.2, 0.25) is 0 Å². The summed E-state index contributed by atoms with van der Waals surface area (Å²) in [5.41, 5.74) is 7.76. The van der Waals surface area contributed by atoms with Crippen LogP contribution in [0.1, 0.15) is 40.3 Å². The zero-order valence-corrected chi connectivity index (χ0v) is 19.1. The second kappa shape index (κ2) is 13.2. The van der Waals surface area contributed by atoms with Crippen LogP contribution in [-0.2, 0) is 37.2 Å². The molecule has 3 heteroatoms. The Labute approximate surface area is 192 Å². The van der Waals surface area contributed by atoms with Crippen molar-refractivity contribution in [3.05, 3.63) is 131 Å². The van der Waals surface area contributed by atoms with Crippen LogP contribution in [0, 0.1) is 6.92 Å². The molecular formula is C29H32N2O. The summed E-state index contributed by atoms with van der Waals surface area (Å²) in [5, 5.41) is 0. The molecule has 2 aromatic heterocycles. The van der Waals surface area contributed by atoms with Crippen LogP contribution in [0.3, 0.4) is 0 Å². The Morgan fingerprint density at radius 3 is 1.81 bits per heavy atom. The molecule has 0 saturated carbocycles. The van der Waals surface area contributed by atoms with Gasteiger partial charge in [0.1, 0.15) is 0 Å². The fraction of sp³-hybridized carbons (Fsp3) is 0.241. The Morgan fingerprint density at radius 1 is 0.594 bits per heavy atom. The molecule has 0 atom stereocenters. The summed E-state index contributed by atoms with van der Waals surface area (Å²) in [4.78, 5) is 8.06. The summed E-state index contributed by atoms with van der Waals surface area (Å²) in [6, 6.07) is 25.4. The molecule has 2 heterocycles. The first kappa shape index (κ1) is 23.4. The smallest absolute Gasteiger partial charge is 0.0736 e. The van der Waals surface area contributed by atoms with Crippen LogP contribution >= 0.6 is 0 Å². The maximum Gasteiger partial charge on any atom is 0.0736 e. The van der Waals surface area contributed by atoms with Crippen molar-refractivity contribution in [1.29, 1.82) is 0 Å². The lowest BCUT2D eigenvalue weighted by Gasteiger charge is -2.05. The van der Waals surface area contributed by atoms with Crippen molar-refractivity contribution in [2.24, 2.45) is 0 Å².